The fourth-order valence-electron chi connectivity index (χ4n) is 1.79. The van der Waals surface area contributed by atoms with Crippen molar-refractivity contribution in [2.75, 3.05) is 0 Å². The van der Waals surface area contributed by atoms with E-state index in [0.717, 1.165) is 8.95 Å². The SMILES string of the molecule is OC(Cc1cc(Cl)ccc1F)c1cc(Br)cc(Br)c1. The molecule has 100 valence electrons. The summed E-state index contributed by atoms with van der Waals surface area (Å²) in [5.74, 6) is -0.363. The highest BCUT2D eigenvalue weighted by molar-refractivity contribution is 9.11. The van der Waals surface area contributed by atoms with Crippen molar-refractivity contribution >= 4 is 43.5 Å². The van der Waals surface area contributed by atoms with Crippen molar-refractivity contribution in [3.63, 3.8) is 0 Å². The van der Waals surface area contributed by atoms with Crippen molar-refractivity contribution in [3.05, 3.63) is 67.3 Å². The summed E-state index contributed by atoms with van der Waals surface area (Å²) in [7, 11) is 0. The highest BCUT2D eigenvalue weighted by Gasteiger charge is 2.13. The van der Waals surface area contributed by atoms with Gasteiger partial charge in [0.05, 0.1) is 6.10 Å². The summed E-state index contributed by atoms with van der Waals surface area (Å²) in [6, 6.07) is 9.81. The normalized spacial score (nSPS) is 12.5. The van der Waals surface area contributed by atoms with E-state index in [9.17, 15) is 9.50 Å². The van der Waals surface area contributed by atoms with Crippen LogP contribution in [0, 0.1) is 5.82 Å². The van der Waals surface area contributed by atoms with Crippen molar-refractivity contribution in [1.82, 2.24) is 0 Å². The third kappa shape index (κ3) is 4.02. The molecule has 0 amide bonds. The van der Waals surface area contributed by atoms with Gasteiger partial charge in [-0.25, -0.2) is 4.39 Å². The van der Waals surface area contributed by atoms with Crippen LogP contribution >= 0.6 is 43.5 Å². The van der Waals surface area contributed by atoms with Gasteiger partial charge in [-0.2, -0.15) is 0 Å². The molecule has 0 aliphatic carbocycles. The smallest absolute Gasteiger partial charge is 0.126 e. The van der Waals surface area contributed by atoms with E-state index in [-0.39, 0.29) is 12.2 Å². The number of benzene rings is 2. The van der Waals surface area contributed by atoms with E-state index in [4.69, 9.17) is 11.6 Å². The van der Waals surface area contributed by atoms with Gasteiger partial charge in [0.1, 0.15) is 5.82 Å². The molecule has 0 saturated carbocycles. The van der Waals surface area contributed by atoms with E-state index >= 15 is 0 Å². The first kappa shape index (κ1) is 15.0. The summed E-state index contributed by atoms with van der Waals surface area (Å²) in [5, 5.41) is 10.6. The molecule has 19 heavy (non-hydrogen) atoms. The minimum atomic E-state index is -0.790. The van der Waals surface area contributed by atoms with E-state index in [1.807, 2.05) is 6.07 Å². The number of hydrogen-bond donors (Lipinski definition) is 1. The van der Waals surface area contributed by atoms with Gasteiger partial charge in [0.2, 0.25) is 0 Å². The van der Waals surface area contributed by atoms with E-state index in [2.05, 4.69) is 31.9 Å². The number of aliphatic hydroxyl groups is 1. The minimum Gasteiger partial charge on any atom is -0.388 e. The Labute approximate surface area is 132 Å². The molecule has 0 radical (unpaired) electrons. The third-order valence-electron chi connectivity index (χ3n) is 2.69. The Bertz CT molecular complexity index is 584. The van der Waals surface area contributed by atoms with Crippen LogP contribution in [0.25, 0.3) is 0 Å². The Morgan fingerprint density at radius 1 is 1.11 bits per heavy atom. The molecule has 1 nitrogen and oxygen atoms in total. The molecule has 0 aliphatic rings. The largest absolute Gasteiger partial charge is 0.388 e. The van der Waals surface area contributed by atoms with Crippen molar-refractivity contribution in [2.45, 2.75) is 12.5 Å². The molecular weight excluding hydrogens is 398 g/mol. The molecule has 1 N–H and O–H groups in total. The summed E-state index contributed by atoms with van der Waals surface area (Å²) in [5.41, 5.74) is 1.11. The fraction of sp³-hybridized carbons (Fsp3) is 0.143. The lowest BCUT2D eigenvalue weighted by Crippen LogP contribution is -2.03. The molecule has 0 saturated heterocycles. The average molecular weight is 408 g/mol. The Kier molecular flexibility index (Phi) is 5.01. The highest BCUT2D eigenvalue weighted by Crippen LogP contribution is 2.27. The highest BCUT2D eigenvalue weighted by atomic mass is 79.9. The lowest BCUT2D eigenvalue weighted by molar-refractivity contribution is 0.177. The van der Waals surface area contributed by atoms with E-state index < -0.39 is 6.10 Å². The second kappa shape index (κ2) is 6.35. The van der Waals surface area contributed by atoms with E-state index in [1.165, 1.54) is 18.2 Å². The molecule has 0 bridgehead atoms. The van der Waals surface area contributed by atoms with Crippen LogP contribution in [0.5, 0.6) is 0 Å². The van der Waals surface area contributed by atoms with Crippen LogP contribution in [0.3, 0.4) is 0 Å². The van der Waals surface area contributed by atoms with Crippen molar-refractivity contribution in [3.8, 4) is 0 Å². The Morgan fingerprint density at radius 2 is 1.74 bits per heavy atom. The summed E-state index contributed by atoms with van der Waals surface area (Å²) >= 11 is 12.5. The molecule has 0 spiro atoms. The predicted molar refractivity (Wildman–Crippen MR) is 81.9 cm³/mol. The van der Waals surface area contributed by atoms with E-state index in [1.54, 1.807) is 12.1 Å². The first-order chi connectivity index (χ1) is 8.95. The molecule has 2 aromatic rings. The van der Waals surface area contributed by atoms with Crippen molar-refractivity contribution in [2.24, 2.45) is 0 Å². The van der Waals surface area contributed by atoms with Gasteiger partial charge in [-0.05, 0) is 47.5 Å². The first-order valence-corrected chi connectivity index (χ1v) is 7.50. The molecule has 2 rings (SSSR count). The van der Waals surface area contributed by atoms with Crippen LogP contribution in [0.4, 0.5) is 4.39 Å². The zero-order valence-electron chi connectivity index (χ0n) is 9.71. The van der Waals surface area contributed by atoms with Gasteiger partial charge < -0.3 is 5.11 Å². The molecule has 1 unspecified atom stereocenters. The zero-order chi connectivity index (χ0) is 14.0. The Hall–Kier alpha value is -0.420. The quantitative estimate of drug-likeness (QED) is 0.733. The van der Waals surface area contributed by atoms with Crippen LogP contribution in [-0.2, 0) is 6.42 Å². The van der Waals surface area contributed by atoms with Gasteiger partial charge in [-0.1, -0.05) is 43.5 Å². The van der Waals surface area contributed by atoms with Gasteiger partial charge >= 0.3 is 0 Å². The third-order valence-corrected chi connectivity index (χ3v) is 3.84. The van der Waals surface area contributed by atoms with Crippen molar-refractivity contribution < 1.29 is 9.50 Å². The molecule has 2 aromatic carbocycles. The second-order valence-electron chi connectivity index (χ2n) is 4.16. The molecular formula is C14H10Br2ClFO. The summed E-state index contributed by atoms with van der Waals surface area (Å²) in [4.78, 5) is 0. The first-order valence-electron chi connectivity index (χ1n) is 5.53. The second-order valence-corrected chi connectivity index (χ2v) is 6.43. The number of halogens is 4. The predicted octanol–water partition coefficient (Wildman–Crippen LogP) is 5.28. The summed E-state index contributed by atoms with van der Waals surface area (Å²) in [6.07, 6.45) is -0.614. The maximum absolute atomic E-state index is 13.6. The fourth-order valence-corrected chi connectivity index (χ4v) is 3.32. The zero-order valence-corrected chi connectivity index (χ0v) is 13.6. The van der Waals surface area contributed by atoms with Crippen LogP contribution in [0.15, 0.2) is 45.3 Å². The van der Waals surface area contributed by atoms with Gasteiger partial charge in [0.15, 0.2) is 0 Å². The van der Waals surface area contributed by atoms with Crippen LogP contribution in [0.1, 0.15) is 17.2 Å². The maximum Gasteiger partial charge on any atom is 0.126 e. The lowest BCUT2D eigenvalue weighted by Gasteiger charge is -2.13. The molecule has 0 heterocycles. The molecule has 0 fully saturated rings. The van der Waals surface area contributed by atoms with Crippen molar-refractivity contribution in [1.29, 1.82) is 0 Å². The average Bonchev–Trinajstić information content (AvgIpc) is 2.32. The number of hydrogen-bond acceptors (Lipinski definition) is 1. The Morgan fingerprint density at radius 3 is 2.37 bits per heavy atom. The maximum atomic E-state index is 13.6. The number of rotatable bonds is 3. The van der Waals surface area contributed by atoms with Gasteiger partial charge in [0.25, 0.3) is 0 Å². The molecule has 1 atom stereocenters. The van der Waals surface area contributed by atoms with Crippen LogP contribution < -0.4 is 0 Å². The summed E-state index contributed by atoms with van der Waals surface area (Å²) in [6.45, 7) is 0. The lowest BCUT2D eigenvalue weighted by atomic mass is 10.0. The summed E-state index contributed by atoms with van der Waals surface area (Å²) < 4.78 is 15.3. The standard InChI is InChI=1S/C14H10Br2ClFO/c15-10-3-9(4-11(16)7-10)14(19)6-8-5-12(17)1-2-13(8)18/h1-5,7,14,19H,6H2. The Balaban J connectivity index is 2.25. The number of aliphatic hydroxyl groups excluding tert-OH is 1. The monoisotopic (exact) mass is 406 g/mol. The molecule has 0 aromatic heterocycles. The van der Waals surface area contributed by atoms with Gasteiger partial charge in [-0.3, -0.25) is 0 Å². The molecule has 0 aliphatic heterocycles. The van der Waals surface area contributed by atoms with Gasteiger partial charge in [-0.15, -0.1) is 0 Å². The van der Waals surface area contributed by atoms with E-state index in [0.29, 0.717) is 16.1 Å². The van der Waals surface area contributed by atoms with Crippen LogP contribution in [0.2, 0.25) is 5.02 Å². The van der Waals surface area contributed by atoms with Gasteiger partial charge in [0, 0.05) is 20.4 Å². The van der Waals surface area contributed by atoms with Crippen LogP contribution in [-0.4, -0.2) is 5.11 Å². The minimum absolute atomic E-state index is 0.176. The molecule has 5 heteroatoms. The topological polar surface area (TPSA) is 20.2 Å².